The van der Waals surface area contributed by atoms with Crippen LogP contribution in [0.2, 0.25) is 0 Å². The number of methoxy groups -OCH3 is 2. The Labute approximate surface area is 116 Å². The number of rotatable bonds is 5. The second-order valence-electron chi connectivity index (χ2n) is 4.23. The predicted octanol–water partition coefficient (Wildman–Crippen LogP) is 3.07. The molecule has 0 bridgehead atoms. The third-order valence-corrected chi connectivity index (χ3v) is 3.07. The van der Waals surface area contributed by atoms with E-state index in [9.17, 15) is 10.1 Å². The van der Waals surface area contributed by atoms with Crippen LogP contribution >= 0.6 is 0 Å². The fourth-order valence-corrected chi connectivity index (χ4v) is 2.01. The largest absolute Gasteiger partial charge is 0.497 e. The van der Waals surface area contributed by atoms with E-state index in [1.54, 1.807) is 62.8 Å². The van der Waals surface area contributed by atoms with E-state index in [-0.39, 0.29) is 4.92 Å². The molecule has 5 heteroatoms. The lowest BCUT2D eigenvalue weighted by molar-refractivity contribution is -0.517. The van der Waals surface area contributed by atoms with E-state index in [1.807, 2.05) is 0 Å². The lowest BCUT2D eigenvalue weighted by Gasteiger charge is -2.11. The highest BCUT2D eigenvalue weighted by Gasteiger charge is 2.25. The van der Waals surface area contributed by atoms with Crippen molar-refractivity contribution in [1.82, 2.24) is 0 Å². The van der Waals surface area contributed by atoms with Crippen LogP contribution in [0.15, 0.2) is 48.5 Å². The van der Waals surface area contributed by atoms with Gasteiger partial charge in [-0.25, -0.2) is 0 Å². The minimum absolute atomic E-state index is 0.302. The zero-order chi connectivity index (χ0) is 14.5. The molecule has 0 fully saturated rings. The molecule has 20 heavy (non-hydrogen) atoms. The van der Waals surface area contributed by atoms with E-state index in [4.69, 9.17) is 9.47 Å². The summed E-state index contributed by atoms with van der Waals surface area (Å²) < 4.78 is 10.1. The van der Waals surface area contributed by atoms with Gasteiger partial charge in [-0.15, -0.1) is 0 Å². The standard InChI is InChI=1S/C15H15NO4/c1-19-13-7-3-11(4-8-13)15(16(17)18)12-5-9-14(20-2)10-6-12/h3-10,15H,1-2H3. The minimum atomic E-state index is -0.896. The third kappa shape index (κ3) is 2.88. The molecule has 0 saturated heterocycles. The van der Waals surface area contributed by atoms with E-state index < -0.39 is 6.04 Å². The summed E-state index contributed by atoms with van der Waals surface area (Å²) >= 11 is 0. The molecule has 0 aliphatic carbocycles. The van der Waals surface area contributed by atoms with E-state index >= 15 is 0 Å². The molecule has 0 aromatic heterocycles. The smallest absolute Gasteiger partial charge is 0.263 e. The van der Waals surface area contributed by atoms with E-state index in [0.717, 1.165) is 0 Å². The predicted molar refractivity (Wildman–Crippen MR) is 74.8 cm³/mol. The summed E-state index contributed by atoms with van der Waals surface area (Å²) in [6.45, 7) is 0. The number of nitro groups is 1. The summed E-state index contributed by atoms with van der Waals surface area (Å²) in [4.78, 5) is 11.1. The van der Waals surface area contributed by atoms with Gasteiger partial charge in [-0.05, 0) is 48.5 Å². The Morgan fingerprint density at radius 2 is 1.20 bits per heavy atom. The van der Waals surface area contributed by atoms with Crippen molar-refractivity contribution in [2.45, 2.75) is 6.04 Å². The van der Waals surface area contributed by atoms with Crippen molar-refractivity contribution in [3.63, 3.8) is 0 Å². The molecule has 0 amide bonds. The Morgan fingerprint density at radius 3 is 1.45 bits per heavy atom. The van der Waals surface area contributed by atoms with Crippen molar-refractivity contribution in [1.29, 1.82) is 0 Å². The lowest BCUT2D eigenvalue weighted by atomic mass is 9.99. The van der Waals surface area contributed by atoms with Gasteiger partial charge in [-0.1, -0.05) is 0 Å². The molecular formula is C15H15NO4. The monoisotopic (exact) mass is 273 g/mol. The molecule has 104 valence electrons. The molecule has 0 radical (unpaired) electrons. The Hall–Kier alpha value is -2.56. The fraction of sp³-hybridized carbons (Fsp3) is 0.200. The number of ether oxygens (including phenoxy) is 2. The van der Waals surface area contributed by atoms with Crippen LogP contribution in [0.3, 0.4) is 0 Å². The van der Waals surface area contributed by atoms with Crippen LogP contribution < -0.4 is 9.47 Å². The first-order valence-electron chi connectivity index (χ1n) is 6.07. The Balaban J connectivity index is 2.36. The van der Waals surface area contributed by atoms with Crippen molar-refractivity contribution in [2.24, 2.45) is 0 Å². The summed E-state index contributed by atoms with van der Waals surface area (Å²) in [6.07, 6.45) is 0. The highest BCUT2D eigenvalue weighted by atomic mass is 16.6. The molecular weight excluding hydrogens is 258 g/mol. The van der Waals surface area contributed by atoms with Crippen LogP contribution in [-0.2, 0) is 0 Å². The maximum absolute atomic E-state index is 11.4. The van der Waals surface area contributed by atoms with Crippen molar-refractivity contribution in [3.8, 4) is 11.5 Å². The molecule has 5 nitrogen and oxygen atoms in total. The number of nitrogens with zero attached hydrogens (tertiary/aromatic N) is 1. The summed E-state index contributed by atoms with van der Waals surface area (Å²) in [6, 6.07) is 12.8. The molecule has 0 saturated carbocycles. The zero-order valence-corrected chi connectivity index (χ0v) is 11.3. The van der Waals surface area contributed by atoms with Crippen LogP contribution in [0, 0.1) is 10.1 Å². The van der Waals surface area contributed by atoms with Crippen molar-refractivity contribution in [3.05, 3.63) is 69.8 Å². The molecule has 0 aliphatic heterocycles. The van der Waals surface area contributed by atoms with Gasteiger partial charge in [-0.3, -0.25) is 10.1 Å². The third-order valence-electron chi connectivity index (χ3n) is 3.07. The molecule has 0 heterocycles. The van der Waals surface area contributed by atoms with E-state index in [2.05, 4.69) is 0 Å². The van der Waals surface area contributed by atoms with Gasteiger partial charge in [0, 0.05) is 16.1 Å². The Morgan fingerprint density at radius 1 is 0.850 bits per heavy atom. The Kier molecular flexibility index (Phi) is 4.20. The lowest BCUT2D eigenvalue weighted by Crippen LogP contribution is -2.12. The minimum Gasteiger partial charge on any atom is -0.497 e. The van der Waals surface area contributed by atoms with Crippen LogP contribution in [0.5, 0.6) is 11.5 Å². The molecule has 0 N–H and O–H groups in total. The van der Waals surface area contributed by atoms with Crippen LogP contribution in [0.1, 0.15) is 17.2 Å². The quantitative estimate of drug-likeness (QED) is 0.620. The average Bonchev–Trinajstić information content (AvgIpc) is 2.48. The van der Waals surface area contributed by atoms with Gasteiger partial charge in [0.25, 0.3) is 6.04 Å². The summed E-state index contributed by atoms with van der Waals surface area (Å²) in [5.74, 6) is 1.34. The first-order valence-corrected chi connectivity index (χ1v) is 6.07. The number of benzene rings is 2. The average molecular weight is 273 g/mol. The molecule has 0 spiro atoms. The maximum atomic E-state index is 11.4. The molecule has 0 aliphatic rings. The van der Waals surface area contributed by atoms with Crippen LogP contribution in [-0.4, -0.2) is 19.1 Å². The van der Waals surface area contributed by atoms with Gasteiger partial charge in [0.2, 0.25) is 0 Å². The van der Waals surface area contributed by atoms with E-state index in [1.165, 1.54) is 0 Å². The van der Waals surface area contributed by atoms with Crippen LogP contribution in [0.25, 0.3) is 0 Å². The van der Waals surface area contributed by atoms with Crippen molar-refractivity contribution < 1.29 is 14.4 Å². The zero-order valence-electron chi connectivity index (χ0n) is 11.3. The summed E-state index contributed by atoms with van der Waals surface area (Å²) in [5.41, 5.74) is 1.22. The van der Waals surface area contributed by atoms with Gasteiger partial charge < -0.3 is 9.47 Å². The summed E-state index contributed by atoms with van der Waals surface area (Å²) in [5, 5.41) is 11.4. The topological polar surface area (TPSA) is 61.6 Å². The Bertz CT molecular complexity index is 530. The first-order chi connectivity index (χ1) is 9.65. The maximum Gasteiger partial charge on any atom is 0.263 e. The first kappa shape index (κ1) is 13.9. The van der Waals surface area contributed by atoms with Gasteiger partial charge in [0.1, 0.15) is 11.5 Å². The van der Waals surface area contributed by atoms with Gasteiger partial charge in [-0.2, -0.15) is 0 Å². The number of hydrogen-bond acceptors (Lipinski definition) is 4. The van der Waals surface area contributed by atoms with E-state index in [0.29, 0.717) is 22.6 Å². The van der Waals surface area contributed by atoms with Crippen LogP contribution in [0.4, 0.5) is 0 Å². The van der Waals surface area contributed by atoms with Gasteiger partial charge in [0.15, 0.2) is 0 Å². The van der Waals surface area contributed by atoms with Crippen molar-refractivity contribution >= 4 is 0 Å². The second kappa shape index (κ2) is 6.06. The molecule has 2 aromatic carbocycles. The normalized spacial score (nSPS) is 10.3. The summed E-state index contributed by atoms with van der Waals surface area (Å²) in [7, 11) is 3.12. The highest BCUT2D eigenvalue weighted by Crippen LogP contribution is 2.28. The van der Waals surface area contributed by atoms with Gasteiger partial charge in [0.05, 0.1) is 14.2 Å². The molecule has 2 rings (SSSR count). The van der Waals surface area contributed by atoms with Crippen molar-refractivity contribution in [2.75, 3.05) is 14.2 Å². The molecule has 0 atom stereocenters. The number of hydrogen-bond donors (Lipinski definition) is 0. The SMILES string of the molecule is COc1ccc(C(c2ccc(OC)cc2)[N+](=O)[O-])cc1. The molecule has 0 unspecified atom stereocenters. The fourth-order valence-electron chi connectivity index (χ4n) is 2.01. The second-order valence-corrected chi connectivity index (χ2v) is 4.23. The molecule has 2 aromatic rings. The van der Waals surface area contributed by atoms with Gasteiger partial charge >= 0.3 is 0 Å². The highest BCUT2D eigenvalue weighted by molar-refractivity contribution is 5.36.